The molecule has 1 rings (SSSR count). The smallest absolute Gasteiger partial charge is 0.321 e. The van der Waals surface area contributed by atoms with Crippen molar-refractivity contribution in [3.8, 4) is 0 Å². The van der Waals surface area contributed by atoms with E-state index in [1.54, 1.807) is 6.26 Å². The highest BCUT2D eigenvalue weighted by molar-refractivity contribution is 7.98. The summed E-state index contributed by atoms with van der Waals surface area (Å²) in [7, 11) is -7.25. The van der Waals surface area contributed by atoms with Crippen LogP contribution in [0.2, 0.25) is 0 Å². The van der Waals surface area contributed by atoms with E-state index in [4.69, 9.17) is 5.11 Å². The molecule has 0 radical (unpaired) electrons. The summed E-state index contributed by atoms with van der Waals surface area (Å²) in [6, 6.07) is -1.21. The van der Waals surface area contributed by atoms with Gasteiger partial charge >= 0.3 is 5.97 Å². The Hall–Kier alpha value is -0.320. The minimum absolute atomic E-state index is 0.0204. The van der Waals surface area contributed by atoms with E-state index in [-0.39, 0.29) is 18.6 Å². The van der Waals surface area contributed by atoms with Crippen molar-refractivity contribution in [3.05, 3.63) is 0 Å². The summed E-state index contributed by atoms with van der Waals surface area (Å²) in [5.41, 5.74) is 0. The fraction of sp³-hybridized carbons (Fsp3) is 0.889. The van der Waals surface area contributed by atoms with Gasteiger partial charge in [-0.05, 0) is 24.9 Å². The number of sulfone groups is 1. The Morgan fingerprint density at radius 1 is 1.53 bits per heavy atom. The summed E-state index contributed by atoms with van der Waals surface area (Å²) in [4.78, 5) is 11.0. The maximum absolute atomic E-state index is 12.0. The molecule has 1 fully saturated rings. The highest BCUT2D eigenvalue weighted by Crippen LogP contribution is 2.19. The molecule has 0 amide bonds. The van der Waals surface area contributed by atoms with E-state index in [9.17, 15) is 21.6 Å². The molecule has 19 heavy (non-hydrogen) atoms. The number of hydrogen-bond acceptors (Lipinski definition) is 6. The predicted octanol–water partition coefficient (Wildman–Crippen LogP) is -0.701. The van der Waals surface area contributed by atoms with Gasteiger partial charge < -0.3 is 5.11 Å². The second-order valence-electron chi connectivity index (χ2n) is 4.36. The first-order chi connectivity index (χ1) is 8.68. The van der Waals surface area contributed by atoms with Crippen LogP contribution in [0, 0.1) is 0 Å². The largest absolute Gasteiger partial charge is 0.480 e. The lowest BCUT2D eigenvalue weighted by Crippen LogP contribution is -2.45. The van der Waals surface area contributed by atoms with Crippen molar-refractivity contribution in [1.29, 1.82) is 0 Å². The fourth-order valence-corrected chi connectivity index (χ4v) is 6.51. The molecule has 7 nitrogen and oxygen atoms in total. The first-order valence-electron chi connectivity index (χ1n) is 5.61. The Kier molecular flexibility index (Phi) is 5.65. The van der Waals surface area contributed by atoms with Crippen LogP contribution in [0.25, 0.3) is 0 Å². The van der Waals surface area contributed by atoms with Gasteiger partial charge in [-0.1, -0.05) is 0 Å². The van der Waals surface area contributed by atoms with Crippen molar-refractivity contribution in [2.75, 3.05) is 23.5 Å². The average molecular weight is 331 g/mol. The first-order valence-corrected chi connectivity index (χ1v) is 10.4. The maximum atomic E-state index is 12.0. The second-order valence-corrected chi connectivity index (χ2v) is 9.57. The minimum atomic E-state index is -3.92. The van der Waals surface area contributed by atoms with Crippen LogP contribution in [0.3, 0.4) is 0 Å². The zero-order valence-corrected chi connectivity index (χ0v) is 12.9. The third-order valence-corrected chi connectivity index (χ3v) is 7.36. The zero-order valence-electron chi connectivity index (χ0n) is 10.4. The number of aliphatic carboxylic acids is 1. The summed E-state index contributed by atoms with van der Waals surface area (Å²) in [6.07, 6.45) is 1.97. The Balaban J connectivity index is 2.75. The highest BCUT2D eigenvalue weighted by atomic mass is 32.2. The van der Waals surface area contributed by atoms with Gasteiger partial charge in [-0.15, -0.1) is 0 Å². The first kappa shape index (κ1) is 16.7. The lowest BCUT2D eigenvalue weighted by atomic mass is 10.2. The molecule has 0 aromatic rings. The molecule has 1 heterocycles. The molecule has 0 bridgehead atoms. The molecule has 0 aliphatic carbocycles. The monoisotopic (exact) mass is 331 g/mol. The molecule has 0 spiro atoms. The zero-order chi connectivity index (χ0) is 14.7. The van der Waals surface area contributed by atoms with Gasteiger partial charge in [0.2, 0.25) is 10.0 Å². The Bertz CT molecular complexity index is 526. The quantitative estimate of drug-likeness (QED) is 0.633. The van der Waals surface area contributed by atoms with Gasteiger partial charge in [0, 0.05) is 0 Å². The molecule has 2 atom stereocenters. The predicted molar refractivity (Wildman–Crippen MR) is 73.5 cm³/mol. The van der Waals surface area contributed by atoms with Gasteiger partial charge in [-0.2, -0.15) is 11.8 Å². The summed E-state index contributed by atoms with van der Waals surface area (Å²) < 4.78 is 48.5. The molecule has 1 unspecified atom stereocenters. The number of carbonyl (C=O) groups is 1. The van der Waals surface area contributed by atoms with Crippen LogP contribution in [-0.2, 0) is 24.7 Å². The molecule has 1 saturated heterocycles. The van der Waals surface area contributed by atoms with Crippen LogP contribution in [0.15, 0.2) is 0 Å². The van der Waals surface area contributed by atoms with Crippen molar-refractivity contribution in [2.24, 2.45) is 0 Å². The van der Waals surface area contributed by atoms with Crippen LogP contribution < -0.4 is 4.72 Å². The van der Waals surface area contributed by atoms with E-state index in [0.29, 0.717) is 5.75 Å². The Morgan fingerprint density at radius 2 is 2.16 bits per heavy atom. The molecule has 112 valence electrons. The molecular weight excluding hydrogens is 314 g/mol. The Morgan fingerprint density at radius 3 is 2.58 bits per heavy atom. The molecule has 1 aliphatic rings. The van der Waals surface area contributed by atoms with Gasteiger partial charge in [0.1, 0.15) is 6.04 Å². The number of carboxylic acids is 1. The third kappa shape index (κ3) is 4.93. The summed E-state index contributed by atoms with van der Waals surface area (Å²) in [6.45, 7) is 0. The van der Waals surface area contributed by atoms with Crippen molar-refractivity contribution in [2.45, 2.75) is 24.1 Å². The number of nitrogens with one attached hydrogen (secondary N) is 1. The second kappa shape index (κ2) is 6.42. The van der Waals surface area contributed by atoms with Crippen molar-refractivity contribution in [1.82, 2.24) is 4.72 Å². The summed E-state index contributed by atoms with van der Waals surface area (Å²) >= 11 is 1.41. The van der Waals surface area contributed by atoms with Crippen LogP contribution in [0.1, 0.15) is 12.8 Å². The van der Waals surface area contributed by atoms with Gasteiger partial charge in [0.25, 0.3) is 0 Å². The number of carboxylic acid groups (broad SMARTS) is 1. The Labute approximate surface area is 117 Å². The van der Waals surface area contributed by atoms with E-state index < -0.39 is 42.9 Å². The molecular formula is C9H17NO6S3. The molecule has 0 saturated carbocycles. The van der Waals surface area contributed by atoms with Crippen molar-refractivity contribution >= 4 is 37.6 Å². The number of hydrogen-bond donors (Lipinski definition) is 2. The van der Waals surface area contributed by atoms with Crippen LogP contribution >= 0.6 is 11.8 Å². The topological polar surface area (TPSA) is 118 Å². The summed E-state index contributed by atoms with van der Waals surface area (Å²) in [5, 5.41) is 7.91. The molecule has 0 aromatic carbocycles. The third-order valence-electron chi connectivity index (χ3n) is 2.84. The number of sulfonamides is 1. The number of rotatable bonds is 7. The lowest BCUT2D eigenvalue weighted by Gasteiger charge is -2.17. The van der Waals surface area contributed by atoms with Gasteiger partial charge in [-0.3, -0.25) is 4.79 Å². The maximum Gasteiger partial charge on any atom is 0.321 e. The minimum Gasteiger partial charge on any atom is -0.480 e. The molecule has 1 aliphatic heterocycles. The van der Waals surface area contributed by atoms with Gasteiger partial charge in [-0.25, -0.2) is 21.6 Å². The van der Waals surface area contributed by atoms with Crippen molar-refractivity contribution < 1.29 is 26.7 Å². The van der Waals surface area contributed by atoms with E-state index in [1.807, 2.05) is 0 Å². The number of thioether (sulfide) groups is 1. The van der Waals surface area contributed by atoms with Crippen LogP contribution in [-0.4, -0.2) is 62.7 Å². The van der Waals surface area contributed by atoms with E-state index >= 15 is 0 Å². The molecule has 2 N–H and O–H groups in total. The lowest BCUT2D eigenvalue weighted by molar-refractivity contribution is -0.139. The van der Waals surface area contributed by atoms with Crippen LogP contribution in [0.4, 0.5) is 0 Å². The van der Waals surface area contributed by atoms with Gasteiger partial charge in [0.15, 0.2) is 9.84 Å². The highest BCUT2D eigenvalue weighted by Gasteiger charge is 2.38. The fourth-order valence-electron chi connectivity index (χ4n) is 1.77. The standard InChI is InChI=1S/C9H17NO6S3/c1-17-4-2-8(9(11)12)10-19(15,16)7-3-5-18(13,14)6-7/h7-8,10H,2-6H2,1H3,(H,11,12)/t7?,8-/m0/s1. The van der Waals surface area contributed by atoms with Crippen LogP contribution in [0.5, 0.6) is 0 Å². The van der Waals surface area contributed by atoms with Gasteiger partial charge in [0.05, 0.1) is 16.8 Å². The normalized spacial score (nSPS) is 24.2. The molecule has 0 aromatic heterocycles. The van der Waals surface area contributed by atoms with Crippen molar-refractivity contribution in [3.63, 3.8) is 0 Å². The molecule has 10 heteroatoms. The van der Waals surface area contributed by atoms with E-state index in [1.165, 1.54) is 11.8 Å². The van der Waals surface area contributed by atoms with E-state index in [0.717, 1.165) is 0 Å². The average Bonchev–Trinajstić information content (AvgIpc) is 2.65. The summed E-state index contributed by atoms with van der Waals surface area (Å²) in [5.74, 6) is -1.35. The SMILES string of the molecule is CSCC[C@H](NS(=O)(=O)C1CCS(=O)(=O)C1)C(=O)O. The van der Waals surface area contributed by atoms with E-state index in [2.05, 4.69) is 4.72 Å².